The van der Waals surface area contributed by atoms with E-state index in [-0.39, 0.29) is 0 Å². The molecule has 0 saturated heterocycles. The highest BCUT2D eigenvalue weighted by atomic mass is 32.2. The van der Waals surface area contributed by atoms with Crippen LogP contribution in [0.15, 0.2) is 4.99 Å². The summed E-state index contributed by atoms with van der Waals surface area (Å²) in [7, 11) is -1.37. The number of hydrogen-bond donors (Lipinski definition) is 2. The van der Waals surface area contributed by atoms with E-state index in [0.717, 1.165) is 12.8 Å². The van der Waals surface area contributed by atoms with Crippen molar-refractivity contribution < 1.29 is 8.42 Å². The van der Waals surface area contributed by atoms with Gasteiger partial charge in [0.15, 0.2) is 15.8 Å². The molecule has 0 spiro atoms. The first-order chi connectivity index (χ1) is 8.26. The largest absolute Gasteiger partial charge is 0.355 e. The van der Waals surface area contributed by atoms with E-state index < -0.39 is 14.6 Å². The molecule has 0 amide bonds. The van der Waals surface area contributed by atoms with Crippen molar-refractivity contribution in [3.63, 3.8) is 0 Å². The molecule has 1 saturated carbocycles. The fourth-order valence-corrected chi connectivity index (χ4v) is 2.22. The Balaban J connectivity index is 2.50. The quantitative estimate of drug-likeness (QED) is 0.591. The summed E-state index contributed by atoms with van der Waals surface area (Å²) in [6, 6.07) is 0.470. The molecule has 0 aromatic rings. The van der Waals surface area contributed by atoms with Crippen LogP contribution in [0.5, 0.6) is 0 Å². The standard InChI is InChI=1S/C12H25N3O2S/c1-12(2,18(4,16)17)9-14-11(13-3)15-10-7-5-6-8-10/h10H,5-9H2,1-4H3,(H2,13,14,15). The molecule has 0 aliphatic heterocycles. The number of aliphatic imine (C=N–C) groups is 1. The van der Waals surface area contributed by atoms with Gasteiger partial charge in [-0.15, -0.1) is 0 Å². The van der Waals surface area contributed by atoms with Crippen molar-refractivity contribution >= 4 is 15.8 Å². The first-order valence-corrected chi connectivity index (χ1v) is 8.32. The van der Waals surface area contributed by atoms with Crippen LogP contribution in [0, 0.1) is 0 Å². The van der Waals surface area contributed by atoms with E-state index in [9.17, 15) is 8.42 Å². The van der Waals surface area contributed by atoms with Gasteiger partial charge in [0.25, 0.3) is 0 Å². The van der Waals surface area contributed by atoms with Crippen LogP contribution in [0.1, 0.15) is 39.5 Å². The van der Waals surface area contributed by atoms with Crippen LogP contribution >= 0.6 is 0 Å². The number of rotatable bonds is 4. The summed E-state index contributed by atoms with van der Waals surface area (Å²) in [5.74, 6) is 0.693. The first kappa shape index (κ1) is 15.3. The molecule has 0 heterocycles. The summed E-state index contributed by atoms with van der Waals surface area (Å²) in [5.41, 5.74) is 0. The number of hydrogen-bond acceptors (Lipinski definition) is 3. The molecule has 1 aliphatic carbocycles. The van der Waals surface area contributed by atoms with Gasteiger partial charge in [0.2, 0.25) is 0 Å². The van der Waals surface area contributed by atoms with Gasteiger partial charge >= 0.3 is 0 Å². The van der Waals surface area contributed by atoms with Gasteiger partial charge in [-0.05, 0) is 26.7 Å². The Morgan fingerprint density at radius 3 is 2.33 bits per heavy atom. The number of sulfone groups is 1. The van der Waals surface area contributed by atoms with Crippen molar-refractivity contribution in [2.45, 2.75) is 50.3 Å². The van der Waals surface area contributed by atoms with Gasteiger partial charge in [0.1, 0.15) is 0 Å². The van der Waals surface area contributed by atoms with E-state index in [0.29, 0.717) is 18.5 Å². The summed E-state index contributed by atoms with van der Waals surface area (Å²) >= 11 is 0. The van der Waals surface area contributed by atoms with Crippen LogP contribution in [0.3, 0.4) is 0 Å². The minimum atomic E-state index is -3.08. The van der Waals surface area contributed by atoms with Crippen molar-refractivity contribution in [2.75, 3.05) is 19.8 Å². The minimum absolute atomic E-state index is 0.359. The number of nitrogens with zero attached hydrogens (tertiary/aromatic N) is 1. The molecular formula is C12H25N3O2S. The highest BCUT2D eigenvalue weighted by Gasteiger charge is 2.30. The normalized spacial score (nSPS) is 19.0. The topological polar surface area (TPSA) is 70.6 Å². The lowest BCUT2D eigenvalue weighted by atomic mass is 10.2. The number of nitrogens with one attached hydrogen (secondary N) is 2. The van der Waals surface area contributed by atoms with Crippen molar-refractivity contribution in [3.8, 4) is 0 Å². The molecule has 0 unspecified atom stereocenters. The predicted octanol–water partition coefficient (Wildman–Crippen LogP) is 0.917. The third-order valence-corrected chi connectivity index (χ3v) is 5.76. The van der Waals surface area contributed by atoms with Crippen LogP contribution in [-0.2, 0) is 9.84 Å². The van der Waals surface area contributed by atoms with Crippen LogP contribution in [-0.4, -0.2) is 45.0 Å². The molecular weight excluding hydrogens is 250 g/mol. The van der Waals surface area contributed by atoms with E-state index in [1.165, 1.54) is 19.1 Å². The van der Waals surface area contributed by atoms with Gasteiger partial charge < -0.3 is 10.6 Å². The molecule has 18 heavy (non-hydrogen) atoms. The molecule has 106 valence electrons. The Bertz CT molecular complexity index is 396. The zero-order valence-electron chi connectivity index (χ0n) is 11.8. The molecule has 1 fully saturated rings. The monoisotopic (exact) mass is 275 g/mol. The van der Waals surface area contributed by atoms with Gasteiger partial charge in [-0.3, -0.25) is 4.99 Å². The lowest BCUT2D eigenvalue weighted by Crippen LogP contribution is -2.49. The lowest BCUT2D eigenvalue weighted by Gasteiger charge is -2.25. The number of guanidine groups is 1. The van der Waals surface area contributed by atoms with Gasteiger partial charge in [0.05, 0.1) is 4.75 Å². The highest BCUT2D eigenvalue weighted by molar-refractivity contribution is 7.92. The Morgan fingerprint density at radius 2 is 1.89 bits per heavy atom. The Hall–Kier alpha value is -0.780. The first-order valence-electron chi connectivity index (χ1n) is 6.43. The molecule has 0 radical (unpaired) electrons. The summed E-state index contributed by atoms with van der Waals surface area (Å²) in [5, 5.41) is 6.44. The Morgan fingerprint density at radius 1 is 1.33 bits per heavy atom. The second-order valence-electron chi connectivity index (χ2n) is 5.58. The van der Waals surface area contributed by atoms with Crippen molar-refractivity contribution in [2.24, 2.45) is 4.99 Å². The second-order valence-corrected chi connectivity index (χ2v) is 8.23. The molecule has 5 nitrogen and oxygen atoms in total. The van der Waals surface area contributed by atoms with Gasteiger partial charge in [-0.2, -0.15) is 0 Å². The van der Waals surface area contributed by atoms with Crippen molar-refractivity contribution in [1.82, 2.24) is 10.6 Å². The van der Waals surface area contributed by atoms with Crippen LogP contribution in [0.2, 0.25) is 0 Å². The molecule has 1 rings (SSSR count). The van der Waals surface area contributed by atoms with Crippen LogP contribution < -0.4 is 10.6 Å². The highest BCUT2D eigenvalue weighted by Crippen LogP contribution is 2.17. The van der Waals surface area contributed by atoms with Crippen LogP contribution in [0.4, 0.5) is 0 Å². The predicted molar refractivity (Wildman–Crippen MR) is 75.7 cm³/mol. The van der Waals surface area contributed by atoms with E-state index in [1.807, 2.05) is 0 Å². The molecule has 1 aliphatic rings. The maximum Gasteiger partial charge on any atom is 0.191 e. The van der Waals surface area contributed by atoms with Crippen molar-refractivity contribution in [3.05, 3.63) is 0 Å². The zero-order valence-corrected chi connectivity index (χ0v) is 12.6. The van der Waals surface area contributed by atoms with Crippen molar-refractivity contribution in [1.29, 1.82) is 0 Å². The van der Waals surface area contributed by atoms with E-state index in [1.54, 1.807) is 20.9 Å². The zero-order chi connectivity index (χ0) is 13.8. The lowest BCUT2D eigenvalue weighted by molar-refractivity contribution is 0.540. The summed E-state index contributed by atoms with van der Waals surface area (Å²) in [6.45, 7) is 3.80. The molecule has 0 aromatic carbocycles. The molecule has 6 heteroatoms. The Kier molecular flexibility index (Phi) is 5.01. The average molecular weight is 275 g/mol. The van der Waals surface area contributed by atoms with E-state index in [2.05, 4.69) is 15.6 Å². The molecule has 0 atom stereocenters. The average Bonchev–Trinajstić information content (AvgIpc) is 2.75. The van der Waals surface area contributed by atoms with Gasteiger partial charge in [-0.1, -0.05) is 12.8 Å². The molecule has 0 aromatic heterocycles. The fraction of sp³-hybridized carbons (Fsp3) is 0.917. The van der Waals surface area contributed by atoms with Gasteiger partial charge in [-0.25, -0.2) is 8.42 Å². The second kappa shape index (κ2) is 5.91. The maximum atomic E-state index is 11.6. The smallest absolute Gasteiger partial charge is 0.191 e. The SMILES string of the molecule is CN=C(NCC(C)(C)S(C)(=O)=O)NC1CCCC1. The van der Waals surface area contributed by atoms with E-state index >= 15 is 0 Å². The van der Waals surface area contributed by atoms with E-state index in [4.69, 9.17) is 0 Å². The maximum absolute atomic E-state index is 11.6. The summed E-state index contributed by atoms with van der Waals surface area (Å²) in [6.07, 6.45) is 6.10. The summed E-state index contributed by atoms with van der Waals surface area (Å²) < 4.78 is 22.4. The summed E-state index contributed by atoms with van der Waals surface area (Å²) in [4.78, 5) is 4.14. The molecule has 2 N–H and O–H groups in total. The van der Waals surface area contributed by atoms with Gasteiger partial charge in [0, 0.05) is 25.9 Å². The molecule has 0 bridgehead atoms. The minimum Gasteiger partial charge on any atom is -0.355 e. The third-order valence-electron chi connectivity index (χ3n) is 3.60. The fourth-order valence-electron chi connectivity index (χ4n) is 1.89. The Labute approximate surface area is 110 Å². The third kappa shape index (κ3) is 4.15. The van der Waals surface area contributed by atoms with Crippen LogP contribution in [0.25, 0.3) is 0 Å².